The molecule has 11 heavy (non-hydrogen) atoms. The van der Waals surface area contributed by atoms with Gasteiger partial charge in [0.05, 0.1) is 8.41 Å². The highest BCUT2D eigenvalue weighted by atomic mass is 32.2. The van der Waals surface area contributed by atoms with E-state index in [1.165, 1.54) is 18.4 Å². The van der Waals surface area contributed by atoms with Crippen LogP contribution in [0.1, 0.15) is 5.56 Å². The second-order valence-electron chi connectivity index (χ2n) is 2.23. The van der Waals surface area contributed by atoms with Crippen LogP contribution in [0.25, 0.3) is 0 Å². The third kappa shape index (κ3) is 4.20. The lowest BCUT2D eigenvalue weighted by molar-refractivity contribution is 1.40. The number of hydrogen-bond donors (Lipinski definition) is 0. The quantitative estimate of drug-likeness (QED) is 0.593. The molecule has 1 rings (SSSR count). The van der Waals surface area contributed by atoms with Crippen molar-refractivity contribution in [2.75, 3.05) is 6.26 Å². The van der Waals surface area contributed by atoms with E-state index < -0.39 is 0 Å². The summed E-state index contributed by atoms with van der Waals surface area (Å²) >= 11 is 1.90. The second kappa shape index (κ2) is 6.41. The molecule has 1 aromatic carbocycles. The molecule has 0 atom stereocenters. The van der Waals surface area contributed by atoms with Crippen LogP contribution in [0.15, 0.2) is 30.3 Å². The van der Waals surface area contributed by atoms with Crippen LogP contribution < -0.4 is 0 Å². The van der Waals surface area contributed by atoms with Gasteiger partial charge in [0.25, 0.3) is 0 Å². The van der Waals surface area contributed by atoms with Gasteiger partial charge in [-0.1, -0.05) is 35.9 Å². The first-order chi connectivity index (χ1) is 4.93. The SMILES string of the molecule is B.CSBCc1ccccc1. The Labute approximate surface area is 75.5 Å². The van der Waals surface area contributed by atoms with E-state index in [4.69, 9.17) is 0 Å². The van der Waals surface area contributed by atoms with E-state index in [1.54, 1.807) is 0 Å². The van der Waals surface area contributed by atoms with Crippen LogP contribution in [0.5, 0.6) is 0 Å². The molecule has 0 heterocycles. The van der Waals surface area contributed by atoms with Crippen molar-refractivity contribution in [3.63, 3.8) is 0 Å². The Kier molecular flexibility index (Phi) is 6.24. The van der Waals surface area contributed by atoms with Crippen LogP contribution >= 0.6 is 11.6 Å². The fourth-order valence-electron chi connectivity index (χ4n) is 0.865. The summed E-state index contributed by atoms with van der Waals surface area (Å²) < 4.78 is 0. The molecule has 0 unspecified atom stereocenters. The second-order valence-corrected chi connectivity index (χ2v) is 3.21. The zero-order valence-corrected chi connectivity index (χ0v) is 7.03. The monoisotopic (exact) mass is 164 g/mol. The summed E-state index contributed by atoms with van der Waals surface area (Å²) in [4.78, 5) is 0. The van der Waals surface area contributed by atoms with Crippen LogP contribution in [-0.4, -0.2) is 21.2 Å². The van der Waals surface area contributed by atoms with Crippen molar-refractivity contribution in [1.29, 1.82) is 0 Å². The first-order valence-corrected chi connectivity index (χ1v) is 4.86. The lowest BCUT2D eigenvalue weighted by atomic mass is 9.96. The average Bonchev–Trinajstić information content (AvgIpc) is 2.03. The molecule has 0 nitrogen and oxygen atoms in total. The normalized spacial score (nSPS) is 8.45. The Morgan fingerprint density at radius 3 is 2.45 bits per heavy atom. The summed E-state index contributed by atoms with van der Waals surface area (Å²) in [7, 11) is 0. The summed E-state index contributed by atoms with van der Waals surface area (Å²) in [5.74, 6) is 0. The van der Waals surface area contributed by atoms with Gasteiger partial charge in [0, 0.05) is 0 Å². The van der Waals surface area contributed by atoms with Gasteiger partial charge in [-0.05, 0) is 12.6 Å². The fourth-order valence-corrected chi connectivity index (χ4v) is 1.30. The number of rotatable bonds is 3. The largest absolute Gasteiger partial charge is 0.218 e. The first-order valence-electron chi connectivity index (χ1n) is 3.46. The van der Waals surface area contributed by atoms with Crippen LogP contribution in [-0.2, 0) is 6.32 Å². The van der Waals surface area contributed by atoms with Crippen molar-refractivity contribution >= 4 is 26.6 Å². The molecule has 0 aliphatic carbocycles. The van der Waals surface area contributed by atoms with Gasteiger partial charge in [-0.25, -0.2) is 11.6 Å². The van der Waals surface area contributed by atoms with Crippen molar-refractivity contribution in [1.82, 2.24) is 0 Å². The standard InChI is InChI=1S/C8H11BS.BH3/c1-10-9-7-8-5-3-2-4-6-8;/h2-6,9H,7H2,1H3;1H3. The highest BCUT2D eigenvalue weighted by Gasteiger charge is 1.90. The van der Waals surface area contributed by atoms with Crippen molar-refractivity contribution in [2.45, 2.75) is 6.32 Å². The molecular formula is C8H14B2S. The highest BCUT2D eigenvalue weighted by Crippen LogP contribution is 2.01. The minimum absolute atomic E-state index is 0. The molecule has 0 amide bonds. The smallest absolute Gasteiger partial charge is 0.195 e. The Bertz CT molecular complexity index is 177. The van der Waals surface area contributed by atoms with E-state index in [1.807, 2.05) is 11.6 Å². The van der Waals surface area contributed by atoms with Gasteiger partial charge in [-0.2, -0.15) is 0 Å². The molecule has 0 aromatic heterocycles. The molecule has 58 valence electrons. The van der Waals surface area contributed by atoms with Crippen molar-refractivity contribution < 1.29 is 0 Å². The van der Waals surface area contributed by atoms with Gasteiger partial charge in [0.2, 0.25) is 0 Å². The Morgan fingerprint density at radius 1 is 1.27 bits per heavy atom. The molecule has 0 N–H and O–H groups in total. The third-order valence-corrected chi connectivity index (χ3v) is 2.05. The third-order valence-electron chi connectivity index (χ3n) is 1.44. The maximum atomic E-state index is 2.18. The van der Waals surface area contributed by atoms with Crippen molar-refractivity contribution in [3.05, 3.63) is 35.9 Å². The van der Waals surface area contributed by atoms with Crippen molar-refractivity contribution in [2.24, 2.45) is 0 Å². The van der Waals surface area contributed by atoms with Gasteiger partial charge in [-0.15, -0.1) is 0 Å². The Morgan fingerprint density at radius 2 is 1.91 bits per heavy atom. The van der Waals surface area contributed by atoms with Gasteiger partial charge in [0.1, 0.15) is 0 Å². The van der Waals surface area contributed by atoms with Crippen LogP contribution in [0, 0.1) is 0 Å². The number of hydrogen-bond acceptors (Lipinski definition) is 1. The van der Waals surface area contributed by atoms with Crippen LogP contribution in [0.3, 0.4) is 0 Å². The van der Waals surface area contributed by atoms with Gasteiger partial charge in [-0.3, -0.25) is 0 Å². The summed E-state index contributed by atoms with van der Waals surface area (Å²) in [6.45, 7) is 1.23. The summed E-state index contributed by atoms with van der Waals surface area (Å²) in [6.07, 6.45) is 3.34. The number of benzene rings is 1. The zero-order valence-electron chi connectivity index (χ0n) is 6.21. The Balaban J connectivity index is 0.000001000. The maximum Gasteiger partial charge on any atom is 0.195 e. The van der Waals surface area contributed by atoms with Crippen molar-refractivity contribution in [3.8, 4) is 0 Å². The predicted molar refractivity (Wildman–Crippen MR) is 60.7 cm³/mol. The minimum Gasteiger partial charge on any atom is -0.218 e. The van der Waals surface area contributed by atoms with E-state index in [2.05, 4.69) is 36.6 Å². The lowest BCUT2D eigenvalue weighted by Gasteiger charge is -1.94. The topological polar surface area (TPSA) is 0 Å². The molecule has 0 radical (unpaired) electrons. The molecular weight excluding hydrogens is 150 g/mol. The summed E-state index contributed by atoms with van der Waals surface area (Å²) in [5.41, 5.74) is 1.44. The molecule has 0 saturated heterocycles. The zero-order chi connectivity index (χ0) is 7.23. The van der Waals surface area contributed by atoms with E-state index in [0.717, 1.165) is 0 Å². The highest BCUT2D eigenvalue weighted by molar-refractivity contribution is 8.21. The van der Waals surface area contributed by atoms with E-state index in [-0.39, 0.29) is 8.41 Å². The Hall–Kier alpha value is -0.300. The van der Waals surface area contributed by atoms with Gasteiger partial charge in [0.15, 0.2) is 6.56 Å². The maximum absolute atomic E-state index is 2.18. The van der Waals surface area contributed by atoms with E-state index in [9.17, 15) is 0 Å². The first kappa shape index (κ1) is 10.7. The molecule has 0 spiro atoms. The average molecular weight is 164 g/mol. The van der Waals surface area contributed by atoms with Crippen LogP contribution in [0.4, 0.5) is 0 Å². The van der Waals surface area contributed by atoms with E-state index in [0.29, 0.717) is 0 Å². The summed E-state index contributed by atoms with van der Waals surface area (Å²) in [6, 6.07) is 10.6. The molecule has 0 aliphatic rings. The van der Waals surface area contributed by atoms with Gasteiger partial charge >= 0.3 is 0 Å². The molecule has 0 fully saturated rings. The molecule has 0 saturated carbocycles. The van der Waals surface area contributed by atoms with Crippen LogP contribution in [0.2, 0.25) is 0 Å². The molecule has 1 aromatic rings. The molecule has 3 heteroatoms. The fraction of sp³-hybridized carbons (Fsp3) is 0.250. The molecule has 0 bridgehead atoms. The predicted octanol–water partition coefficient (Wildman–Crippen LogP) is 0.717. The van der Waals surface area contributed by atoms with Gasteiger partial charge < -0.3 is 0 Å². The molecule has 0 aliphatic heterocycles. The lowest BCUT2D eigenvalue weighted by Crippen LogP contribution is -1.89. The summed E-state index contributed by atoms with van der Waals surface area (Å²) in [5, 5.41) is 0. The minimum atomic E-state index is 0. The van der Waals surface area contributed by atoms with E-state index >= 15 is 0 Å².